The van der Waals surface area contributed by atoms with Gasteiger partial charge in [-0.3, -0.25) is 0 Å². The molecular weight excluding hydrogens is 284 g/mol. The molecule has 1 aliphatic rings. The maximum absolute atomic E-state index is 4.57. The van der Waals surface area contributed by atoms with E-state index in [9.17, 15) is 0 Å². The minimum absolute atomic E-state index is 0.327. The summed E-state index contributed by atoms with van der Waals surface area (Å²) in [4.78, 5) is 6.88. The molecule has 6 nitrogen and oxygen atoms in total. The van der Waals surface area contributed by atoms with Gasteiger partial charge in [0.15, 0.2) is 0 Å². The molecule has 2 unspecified atom stereocenters. The van der Waals surface area contributed by atoms with Crippen LogP contribution < -0.4 is 4.90 Å². The van der Waals surface area contributed by atoms with Gasteiger partial charge in [0.25, 0.3) is 0 Å². The molecule has 2 aromatic heterocycles. The number of aryl methyl sites for hydroxylation is 1. The van der Waals surface area contributed by atoms with E-state index in [0.29, 0.717) is 11.8 Å². The van der Waals surface area contributed by atoms with E-state index < -0.39 is 0 Å². The third-order valence-corrected chi connectivity index (χ3v) is 5.15. The fraction of sp³-hybridized carbons (Fsp3) is 0.714. The molecule has 1 saturated heterocycles. The smallest absolute Gasteiger partial charge is 0.245 e. The summed E-state index contributed by atoms with van der Waals surface area (Å²) in [6, 6.07) is 0. The molecule has 0 bridgehead atoms. The van der Waals surface area contributed by atoms with Crippen molar-refractivity contribution in [3.8, 4) is 0 Å². The Morgan fingerprint density at radius 2 is 2.33 bits per heavy atom. The highest BCUT2D eigenvalue weighted by Gasteiger charge is 2.22. The molecule has 2 atom stereocenters. The van der Waals surface area contributed by atoms with Crippen molar-refractivity contribution in [2.24, 2.45) is 5.92 Å². The SMILES string of the molecule is Cc1csc(C(C)Cn2nnnc2N2CCCC(C)C2)n1. The van der Waals surface area contributed by atoms with Crippen molar-refractivity contribution >= 4 is 17.3 Å². The Hall–Kier alpha value is -1.50. The Labute approximate surface area is 129 Å². The molecule has 1 aliphatic heterocycles. The van der Waals surface area contributed by atoms with E-state index in [1.807, 2.05) is 11.6 Å². The van der Waals surface area contributed by atoms with Gasteiger partial charge in [0, 0.05) is 30.1 Å². The van der Waals surface area contributed by atoms with Crippen molar-refractivity contribution in [1.82, 2.24) is 25.2 Å². The fourth-order valence-corrected chi connectivity index (χ4v) is 3.70. The van der Waals surface area contributed by atoms with Crippen LogP contribution in [-0.4, -0.2) is 38.3 Å². The van der Waals surface area contributed by atoms with Crippen LogP contribution in [0.5, 0.6) is 0 Å². The summed E-state index contributed by atoms with van der Waals surface area (Å²) >= 11 is 1.71. The molecule has 1 fully saturated rings. The highest BCUT2D eigenvalue weighted by atomic mass is 32.1. The third-order valence-electron chi connectivity index (χ3n) is 3.96. The molecule has 0 saturated carbocycles. The van der Waals surface area contributed by atoms with Crippen molar-refractivity contribution in [2.75, 3.05) is 18.0 Å². The van der Waals surface area contributed by atoms with Gasteiger partial charge in [-0.15, -0.1) is 11.3 Å². The monoisotopic (exact) mass is 306 g/mol. The Bertz CT molecular complexity index is 592. The molecule has 114 valence electrons. The van der Waals surface area contributed by atoms with E-state index in [0.717, 1.165) is 36.3 Å². The van der Waals surface area contributed by atoms with Gasteiger partial charge in [0.05, 0.1) is 11.6 Å². The van der Waals surface area contributed by atoms with E-state index in [4.69, 9.17) is 0 Å². The van der Waals surface area contributed by atoms with Crippen molar-refractivity contribution in [2.45, 2.75) is 46.1 Å². The van der Waals surface area contributed by atoms with Crippen LogP contribution in [0, 0.1) is 12.8 Å². The van der Waals surface area contributed by atoms with Gasteiger partial charge in [0.2, 0.25) is 5.95 Å². The van der Waals surface area contributed by atoms with E-state index in [1.165, 1.54) is 12.8 Å². The Kier molecular flexibility index (Phi) is 4.19. The Morgan fingerprint density at radius 1 is 1.48 bits per heavy atom. The molecule has 3 heterocycles. The molecule has 3 rings (SSSR count). The summed E-state index contributed by atoms with van der Waals surface area (Å²) in [6.07, 6.45) is 2.52. The number of aromatic nitrogens is 5. The van der Waals surface area contributed by atoms with Crippen molar-refractivity contribution in [3.63, 3.8) is 0 Å². The van der Waals surface area contributed by atoms with Crippen LogP contribution in [0.4, 0.5) is 5.95 Å². The van der Waals surface area contributed by atoms with Crippen LogP contribution in [0.25, 0.3) is 0 Å². The van der Waals surface area contributed by atoms with Gasteiger partial charge >= 0.3 is 0 Å². The summed E-state index contributed by atoms with van der Waals surface area (Å²) in [6.45, 7) is 9.38. The van der Waals surface area contributed by atoms with Gasteiger partial charge in [-0.05, 0) is 36.1 Å². The Morgan fingerprint density at radius 3 is 3.05 bits per heavy atom. The predicted octanol–water partition coefficient (Wildman–Crippen LogP) is 2.48. The molecular formula is C14H22N6S. The lowest BCUT2D eigenvalue weighted by Crippen LogP contribution is -2.36. The number of anilines is 1. The second-order valence-corrected chi connectivity index (χ2v) is 6.97. The first kappa shape index (κ1) is 14.4. The van der Waals surface area contributed by atoms with E-state index >= 15 is 0 Å². The highest BCUT2D eigenvalue weighted by molar-refractivity contribution is 7.09. The van der Waals surface area contributed by atoms with E-state index in [1.54, 1.807) is 11.3 Å². The lowest BCUT2D eigenvalue weighted by molar-refractivity contribution is 0.430. The Balaban J connectivity index is 1.73. The van der Waals surface area contributed by atoms with Crippen LogP contribution in [-0.2, 0) is 6.54 Å². The van der Waals surface area contributed by atoms with Crippen LogP contribution in [0.2, 0.25) is 0 Å². The molecule has 0 N–H and O–H groups in total. The number of hydrogen-bond donors (Lipinski definition) is 0. The topological polar surface area (TPSA) is 59.7 Å². The van der Waals surface area contributed by atoms with Crippen molar-refractivity contribution in [3.05, 3.63) is 16.1 Å². The zero-order chi connectivity index (χ0) is 14.8. The van der Waals surface area contributed by atoms with Gasteiger partial charge in [-0.2, -0.15) is 0 Å². The maximum atomic E-state index is 4.57. The zero-order valence-electron chi connectivity index (χ0n) is 12.9. The van der Waals surface area contributed by atoms with Crippen LogP contribution in [0.3, 0.4) is 0 Å². The van der Waals surface area contributed by atoms with Crippen LogP contribution >= 0.6 is 11.3 Å². The normalized spacial score (nSPS) is 20.7. The third kappa shape index (κ3) is 3.23. The van der Waals surface area contributed by atoms with E-state index in [-0.39, 0.29) is 0 Å². The number of nitrogens with zero attached hydrogens (tertiary/aromatic N) is 6. The number of piperidine rings is 1. The van der Waals surface area contributed by atoms with Gasteiger partial charge < -0.3 is 4.90 Å². The molecule has 21 heavy (non-hydrogen) atoms. The first-order chi connectivity index (χ1) is 10.1. The molecule has 0 amide bonds. The van der Waals surface area contributed by atoms with E-state index in [2.05, 4.69) is 44.6 Å². The summed E-state index contributed by atoms with van der Waals surface area (Å²) < 4.78 is 1.93. The maximum Gasteiger partial charge on any atom is 0.245 e. The molecule has 2 aromatic rings. The average molecular weight is 306 g/mol. The quantitative estimate of drug-likeness (QED) is 0.868. The summed E-state index contributed by atoms with van der Waals surface area (Å²) in [5, 5.41) is 15.5. The fourth-order valence-electron chi connectivity index (χ4n) is 2.85. The minimum Gasteiger partial charge on any atom is -0.339 e. The number of rotatable bonds is 4. The number of hydrogen-bond acceptors (Lipinski definition) is 6. The van der Waals surface area contributed by atoms with Gasteiger partial charge in [-0.25, -0.2) is 9.67 Å². The largest absolute Gasteiger partial charge is 0.339 e. The highest BCUT2D eigenvalue weighted by Crippen LogP contribution is 2.24. The summed E-state index contributed by atoms with van der Waals surface area (Å²) in [5.41, 5.74) is 1.09. The van der Waals surface area contributed by atoms with Gasteiger partial charge in [-0.1, -0.05) is 18.9 Å². The predicted molar refractivity (Wildman–Crippen MR) is 83.7 cm³/mol. The molecule has 0 radical (unpaired) electrons. The lowest BCUT2D eigenvalue weighted by atomic mass is 10.0. The molecule has 7 heteroatoms. The second kappa shape index (κ2) is 6.09. The number of thiazole rings is 1. The molecule has 0 aliphatic carbocycles. The van der Waals surface area contributed by atoms with Gasteiger partial charge in [0.1, 0.15) is 0 Å². The summed E-state index contributed by atoms with van der Waals surface area (Å²) in [5.74, 6) is 1.94. The standard InChI is InChI=1S/C14H22N6S/c1-10-5-4-6-19(7-10)14-16-17-18-20(14)8-11(2)13-15-12(3)9-21-13/h9-11H,4-8H2,1-3H3. The minimum atomic E-state index is 0.327. The van der Waals surface area contributed by atoms with Crippen LogP contribution in [0.1, 0.15) is 43.3 Å². The molecule has 0 spiro atoms. The first-order valence-electron chi connectivity index (χ1n) is 7.56. The zero-order valence-corrected chi connectivity index (χ0v) is 13.7. The second-order valence-electron chi connectivity index (χ2n) is 6.08. The van der Waals surface area contributed by atoms with Crippen molar-refractivity contribution < 1.29 is 0 Å². The lowest BCUT2D eigenvalue weighted by Gasteiger charge is -2.31. The summed E-state index contributed by atoms with van der Waals surface area (Å²) in [7, 11) is 0. The van der Waals surface area contributed by atoms with Crippen molar-refractivity contribution in [1.29, 1.82) is 0 Å². The van der Waals surface area contributed by atoms with Crippen LogP contribution in [0.15, 0.2) is 5.38 Å². The average Bonchev–Trinajstić information content (AvgIpc) is 3.08. The number of tetrazole rings is 1. The molecule has 0 aromatic carbocycles. The first-order valence-corrected chi connectivity index (χ1v) is 8.44.